The second-order valence-electron chi connectivity index (χ2n) is 5.46. The molecule has 2 atom stereocenters. The maximum atomic E-state index is 13.3. The Morgan fingerprint density at radius 3 is 2.91 bits per heavy atom. The zero-order valence-electron chi connectivity index (χ0n) is 11.4. The van der Waals surface area contributed by atoms with E-state index >= 15 is 0 Å². The number of aliphatic hydroxyl groups is 1. The molecule has 0 fully saturated rings. The van der Waals surface area contributed by atoms with Crippen LogP contribution >= 0.6 is 0 Å². The third kappa shape index (κ3) is 1.75. The van der Waals surface area contributed by atoms with Gasteiger partial charge in [-0.1, -0.05) is 6.07 Å². The second-order valence-corrected chi connectivity index (χ2v) is 5.46. The molecular formula is C15H12FN3O3. The van der Waals surface area contributed by atoms with Gasteiger partial charge in [-0.05, 0) is 23.8 Å². The molecule has 112 valence electrons. The zero-order chi connectivity index (χ0) is 15.4. The fraction of sp³-hybridized carbons (Fsp3) is 0.200. The molecule has 2 aromatic rings. The Morgan fingerprint density at radius 2 is 2.14 bits per heavy atom. The van der Waals surface area contributed by atoms with Crippen LogP contribution < -0.4 is 10.2 Å². The largest absolute Gasteiger partial charge is 0.384 e. The van der Waals surface area contributed by atoms with Crippen LogP contribution in [0.3, 0.4) is 0 Å². The van der Waals surface area contributed by atoms with Crippen LogP contribution in [0.1, 0.15) is 17.2 Å². The molecule has 0 saturated carbocycles. The monoisotopic (exact) mass is 301 g/mol. The Balaban J connectivity index is 1.78. The molecule has 2 unspecified atom stereocenters. The standard InChI is InChI=1S/C15H12FN3O3/c16-9-2-1-8-7-18-13-4-3-10(19(21)22)6-11(13)14(20)15(18)17-12(8)5-9/h1-6,14-15,17,20H,7H2. The highest BCUT2D eigenvalue weighted by Crippen LogP contribution is 2.45. The molecule has 2 aliphatic rings. The fourth-order valence-electron chi connectivity index (χ4n) is 3.15. The van der Waals surface area contributed by atoms with E-state index in [9.17, 15) is 19.6 Å². The first-order valence-corrected chi connectivity index (χ1v) is 6.82. The molecule has 0 spiro atoms. The summed E-state index contributed by atoms with van der Waals surface area (Å²) in [6.07, 6.45) is -1.36. The van der Waals surface area contributed by atoms with Crippen molar-refractivity contribution in [1.82, 2.24) is 0 Å². The van der Waals surface area contributed by atoms with E-state index in [1.807, 2.05) is 4.90 Å². The third-order valence-electron chi connectivity index (χ3n) is 4.20. The first kappa shape index (κ1) is 13.0. The topological polar surface area (TPSA) is 78.6 Å². The van der Waals surface area contributed by atoms with Crippen molar-refractivity contribution in [1.29, 1.82) is 0 Å². The minimum absolute atomic E-state index is 0.0544. The van der Waals surface area contributed by atoms with E-state index in [0.717, 1.165) is 11.3 Å². The zero-order valence-corrected chi connectivity index (χ0v) is 11.4. The van der Waals surface area contributed by atoms with Crippen LogP contribution in [0.2, 0.25) is 0 Å². The Bertz CT molecular complexity index is 796. The molecule has 2 N–H and O–H groups in total. The van der Waals surface area contributed by atoms with Crippen molar-refractivity contribution in [3.8, 4) is 0 Å². The summed E-state index contributed by atoms with van der Waals surface area (Å²) in [7, 11) is 0. The van der Waals surface area contributed by atoms with Gasteiger partial charge in [-0.25, -0.2) is 4.39 Å². The van der Waals surface area contributed by atoms with Gasteiger partial charge in [-0.15, -0.1) is 0 Å². The average molecular weight is 301 g/mol. The maximum absolute atomic E-state index is 13.3. The van der Waals surface area contributed by atoms with Gasteiger partial charge in [0.2, 0.25) is 0 Å². The van der Waals surface area contributed by atoms with Crippen LogP contribution in [0, 0.1) is 15.9 Å². The van der Waals surface area contributed by atoms with Crippen molar-refractivity contribution in [3.63, 3.8) is 0 Å². The van der Waals surface area contributed by atoms with Gasteiger partial charge >= 0.3 is 0 Å². The molecule has 0 aromatic heterocycles. The molecule has 22 heavy (non-hydrogen) atoms. The van der Waals surface area contributed by atoms with Crippen LogP contribution in [0.5, 0.6) is 0 Å². The van der Waals surface area contributed by atoms with Gasteiger partial charge < -0.3 is 15.3 Å². The van der Waals surface area contributed by atoms with Gasteiger partial charge in [0.15, 0.2) is 0 Å². The lowest BCUT2D eigenvalue weighted by Crippen LogP contribution is -2.43. The summed E-state index contributed by atoms with van der Waals surface area (Å²) in [5.41, 5.74) is 2.77. The summed E-state index contributed by atoms with van der Waals surface area (Å²) in [4.78, 5) is 12.3. The molecule has 7 heteroatoms. The highest BCUT2D eigenvalue weighted by atomic mass is 19.1. The third-order valence-corrected chi connectivity index (χ3v) is 4.20. The molecule has 0 saturated heterocycles. The number of fused-ring (bicyclic) bond motifs is 4. The number of rotatable bonds is 1. The molecule has 0 radical (unpaired) electrons. The molecule has 4 rings (SSSR count). The predicted octanol–water partition coefficient (Wildman–Crippen LogP) is 2.54. The van der Waals surface area contributed by atoms with Crippen LogP contribution in [0.25, 0.3) is 0 Å². The summed E-state index contributed by atoms with van der Waals surface area (Å²) in [5, 5.41) is 24.5. The number of nitro benzene ring substituents is 1. The number of nitrogens with one attached hydrogen (secondary N) is 1. The molecular weight excluding hydrogens is 289 g/mol. The van der Waals surface area contributed by atoms with Gasteiger partial charge in [0.25, 0.3) is 5.69 Å². The Labute approximate surface area is 124 Å². The minimum Gasteiger partial charge on any atom is -0.384 e. The smallest absolute Gasteiger partial charge is 0.269 e. The average Bonchev–Trinajstić information content (AvgIpc) is 2.77. The van der Waals surface area contributed by atoms with Crippen LogP contribution in [0.4, 0.5) is 21.5 Å². The quantitative estimate of drug-likeness (QED) is 0.625. The van der Waals surface area contributed by atoms with E-state index in [2.05, 4.69) is 5.32 Å². The number of aliphatic hydroxyl groups excluding tert-OH is 1. The highest BCUT2D eigenvalue weighted by molar-refractivity contribution is 5.70. The van der Waals surface area contributed by atoms with Crippen LogP contribution in [0.15, 0.2) is 36.4 Å². The number of non-ortho nitro benzene ring substituents is 1. The first-order valence-electron chi connectivity index (χ1n) is 6.82. The maximum Gasteiger partial charge on any atom is 0.269 e. The summed E-state index contributed by atoms with van der Waals surface area (Å²) in [6.45, 7) is 0.509. The van der Waals surface area contributed by atoms with Gasteiger partial charge in [0, 0.05) is 35.6 Å². The molecule has 2 aromatic carbocycles. The summed E-state index contributed by atoms with van der Waals surface area (Å²) < 4.78 is 13.3. The van der Waals surface area contributed by atoms with Crippen LogP contribution in [-0.4, -0.2) is 16.2 Å². The number of hydrogen-bond acceptors (Lipinski definition) is 5. The molecule has 6 nitrogen and oxygen atoms in total. The molecule has 2 heterocycles. The summed E-state index contributed by atoms with van der Waals surface area (Å²) in [5.74, 6) is -0.347. The molecule has 0 amide bonds. The van der Waals surface area contributed by atoms with Gasteiger partial charge in [0.1, 0.15) is 18.1 Å². The SMILES string of the molecule is O=[N+]([O-])c1ccc2c(c1)C(O)C1Nc3cc(F)ccc3CN21. The Morgan fingerprint density at radius 1 is 1.32 bits per heavy atom. The molecule has 2 aliphatic heterocycles. The van der Waals surface area contributed by atoms with Gasteiger partial charge in [-0.2, -0.15) is 0 Å². The second kappa shape index (κ2) is 4.41. The number of benzene rings is 2. The predicted molar refractivity (Wildman–Crippen MR) is 78.0 cm³/mol. The van der Waals surface area contributed by atoms with Crippen molar-refractivity contribution >= 4 is 17.1 Å². The van der Waals surface area contributed by atoms with E-state index < -0.39 is 17.2 Å². The van der Waals surface area contributed by atoms with Crippen LogP contribution in [-0.2, 0) is 6.54 Å². The lowest BCUT2D eigenvalue weighted by molar-refractivity contribution is -0.384. The number of hydrogen-bond donors (Lipinski definition) is 2. The number of halogens is 1. The van der Waals surface area contributed by atoms with Gasteiger partial charge in [-0.3, -0.25) is 10.1 Å². The lowest BCUT2D eigenvalue weighted by atomic mass is 10.1. The van der Waals surface area contributed by atoms with Crippen molar-refractivity contribution in [2.24, 2.45) is 0 Å². The van der Waals surface area contributed by atoms with E-state index in [1.54, 1.807) is 12.1 Å². The molecule has 0 bridgehead atoms. The van der Waals surface area contributed by atoms with Crippen molar-refractivity contribution < 1.29 is 14.4 Å². The first-order chi connectivity index (χ1) is 10.5. The van der Waals surface area contributed by atoms with E-state index in [4.69, 9.17) is 0 Å². The normalized spacial score (nSPS) is 21.6. The molecule has 0 aliphatic carbocycles. The van der Waals surface area contributed by atoms with Crippen molar-refractivity contribution in [2.75, 3.05) is 10.2 Å². The highest BCUT2D eigenvalue weighted by Gasteiger charge is 2.41. The van der Waals surface area contributed by atoms with E-state index in [-0.39, 0.29) is 11.5 Å². The summed E-state index contributed by atoms with van der Waals surface area (Å²) >= 11 is 0. The Hall–Kier alpha value is -2.67. The number of nitro groups is 1. The summed E-state index contributed by atoms with van der Waals surface area (Å²) in [6, 6.07) is 8.95. The van der Waals surface area contributed by atoms with Crippen molar-refractivity contribution in [3.05, 3.63) is 63.5 Å². The lowest BCUT2D eigenvalue weighted by Gasteiger charge is -2.36. The number of anilines is 2. The van der Waals surface area contributed by atoms with E-state index in [1.165, 1.54) is 24.3 Å². The van der Waals surface area contributed by atoms with Crippen molar-refractivity contribution in [2.45, 2.75) is 18.8 Å². The fourth-order valence-corrected chi connectivity index (χ4v) is 3.15. The van der Waals surface area contributed by atoms with E-state index in [0.29, 0.717) is 17.8 Å². The minimum atomic E-state index is -0.911. The Kier molecular flexibility index (Phi) is 2.61. The van der Waals surface area contributed by atoms with Gasteiger partial charge in [0.05, 0.1) is 4.92 Å². The number of nitrogens with zero attached hydrogens (tertiary/aromatic N) is 2.